The maximum absolute atomic E-state index is 12.2. The Morgan fingerprint density at radius 2 is 1.56 bits per heavy atom. The van der Waals surface area contributed by atoms with Crippen LogP contribution in [0, 0.1) is 0 Å². The first-order valence-corrected chi connectivity index (χ1v) is 9.96. The van der Waals surface area contributed by atoms with Crippen LogP contribution >= 0.6 is 12.6 Å². The quantitative estimate of drug-likeness (QED) is 0.121. The van der Waals surface area contributed by atoms with Crippen molar-refractivity contribution in [3.8, 4) is 0 Å². The number of hydrogen-bond acceptors (Lipinski definition) is 7. The molecule has 1 rings (SSSR count). The van der Waals surface area contributed by atoms with Crippen LogP contribution in [0.3, 0.4) is 0 Å². The highest BCUT2D eigenvalue weighted by molar-refractivity contribution is 7.80. The molecule has 174 valence electrons. The van der Waals surface area contributed by atoms with Gasteiger partial charge < -0.3 is 31.5 Å². The van der Waals surface area contributed by atoms with Crippen LogP contribution in [-0.2, 0) is 41.7 Å². The third-order valence-electron chi connectivity index (χ3n) is 4.05. The number of rotatable bonds is 14. The smallest absolute Gasteiger partial charge is 0.327 e. The number of carbonyl (C=O) groups excluding carboxylic acids is 4. The lowest BCUT2D eigenvalue weighted by Gasteiger charge is -2.19. The number of amides is 4. The highest BCUT2D eigenvalue weighted by Crippen LogP contribution is 2.05. The molecule has 0 aliphatic carbocycles. The lowest BCUT2D eigenvalue weighted by atomic mass is 10.1. The minimum Gasteiger partial charge on any atom is -0.481 e. The normalized spacial score (nSPS) is 12.0. The Balaban J connectivity index is 2.57. The average Bonchev–Trinajstić information content (AvgIpc) is 2.74. The zero-order valence-electron chi connectivity index (χ0n) is 16.9. The highest BCUT2D eigenvalue weighted by Gasteiger charge is 2.27. The van der Waals surface area contributed by atoms with Crippen molar-refractivity contribution in [1.29, 1.82) is 0 Å². The molecule has 0 bridgehead atoms. The molecule has 0 unspecified atom stereocenters. The van der Waals surface area contributed by atoms with E-state index in [0.29, 0.717) is 18.5 Å². The molecule has 0 aliphatic rings. The van der Waals surface area contributed by atoms with Gasteiger partial charge in [0.25, 0.3) is 0 Å². The first-order chi connectivity index (χ1) is 15.2. The van der Waals surface area contributed by atoms with Crippen LogP contribution in [-0.4, -0.2) is 70.7 Å². The number of thiol groups is 1. The summed E-state index contributed by atoms with van der Waals surface area (Å²) in [5.41, 5.74) is 1.50. The van der Waals surface area contributed by atoms with Crippen LogP contribution in [0.25, 0.3) is 0 Å². The predicted octanol–water partition coefficient (Wildman–Crippen LogP) is -1.95. The Morgan fingerprint density at radius 3 is 2.09 bits per heavy atom. The number of hydrogen-bond donors (Lipinski definition) is 7. The van der Waals surface area contributed by atoms with Crippen LogP contribution < -0.4 is 21.3 Å². The van der Waals surface area contributed by atoms with Crippen LogP contribution in [0.5, 0.6) is 0 Å². The van der Waals surface area contributed by atoms with Gasteiger partial charge in [-0.3, -0.25) is 24.0 Å². The van der Waals surface area contributed by atoms with E-state index in [-0.39, 0.29) is 12.2 Å². The van der Waals surface area contributed by atoms with Gasteiger partial charge in [0.2, 0.25) is 24.1 Å². The SMILES string of the molecule is O=CNCc1ccc(CC(=O)NCC(=O)N[C@H](CC(=O)O)C(=O)N[C@H](CS)C(=O)O)cc1. The van der Waals surface area contributed by atoms with Crippen LogP contribution in [0.1, 0.15) is 17.5 Å². The largest absolute Gasteiger partial charge is 0.481 e. The van der Waals surface area contributed by atoms with E-state index < -0.39 is 54.7 Å². The number of nitrogens with one attached hydrogen (secondary N) is 4. The van der Waals surface area contributed by atoms with Gasteiger partial charge in [0.05, 0.1) is 19.4 Å². The molecule has 0 aliphatic heterocycles. The first kappa shape index (κ1) is 26.4. The number of carboxylic acid groups (broad SMARTS) is 2. The minimum absolute atomic E-state index is 0.0318. The number of benzene rings is 1. The molecule has 1 aromatic carbocycles. The fourth-order valence-corrected chi connectivity index (χ4v) is 2.70. The Morgan fingerprint density at radius 1 is 0.938 bits per heavy atom. The molecular weight excluding hydrogens is 444 g/mol. The van der Waals surface area contributed by atoms with Crippen molar-refractivity contribution in [3.05, 3.63) is 35.4 Å². The van der Waals surface area contributed by atoms with Crippen molar-refractivity contribution in [1.82, 2.24) is 21.3 Å². The van der Waals surface area contributed by atoms with E-state index in [1.54, 1.807) is 24.3 Å². The molecule has 0 fully saturated rings. The summed E-state index contributed by atoms with van der Waals surface area (Å²) in [5, 5.41) is 27.0. The standard InChI is InChI=1S/C19H24N4O8S/c24-10-20-7-12-3-1-11(2-4-12)5-15(25)21-8-16(26)22-13(6-17(27)28)18(29)23-14(9-32)19(30)31/h1-4,10,13-14,32H,5-9H2,(H,20,24)(H,21,25)(H,22,26)(H,23,29)(H,27,28)(H,30,31)/t13-,14-/m1/s1. The molecule has 0 saturated carbocycles. The molecule has 2 atom stereocenters. The summed E-state index contributed by atoms with van der Waals surface area (Å²) in [4.78, 5) is 68.5. The minimum atomic E-state index is -1.54. The summed E-state index contributed by atoms with van der Waals surface area (Å²) < 4.78 is 0. The third-order valence-corrected chi connectivity index (χ3v) is 4.42. The van der Waals surface area contributed by atoms with Crippen LogP contribution in [0.15, 0.2) is 24.3 Å². The second-order valence-corrected chi connectivity index (χ2v) is 6.93. The van der Waals surface area contributed by atoms with Crippen LogP contribution in [0.4, 0.5) is 0 Å². The highest BCUT2D eigenvalue weighted by atomic mass is 32.1. The molecule has 6 N–H and O–H groups in total. The molecule has 0 radical (unpaired) electrons. The van der Waals surface area contributed by atoms with E-state index in [9.17, 15) is 28.8 Å². The van der Waals surface area contributed by atoms with E-state index in [0.717, 1.165) is 5.56 Å². The van der Waals surface area contributed by atoms with Crippen molar-refractivity contribution >= 4 is 48.7 Å². The lowest BCUT2D eigenvalue weighted by Crippen LogP contribution is -2.54. The fraction of sp³-hybridized carbons (Fsp3) is 0.368. The molecule has 13 heteroatoms. The number of carbonyl (C=O) groups is 6. The van der Waals surface area contributed by atoms with Crippen molar-refractivity contribution < 1.29 is 39.0 Å². The van der Waals surface area contributed by atoms with E-state index >= 15 is 0 Å². The summed E-state index contributed by atoms with van der Waals surface area (Å²) in [5.74, 6) is -5.31. The Labute approximate surface area is 188 Å². The van der Waals surface area contributed by atoms with Gasteiger partial charge in [-0.15, -0.1) is 0 Å². The Hall–Kier alpha value is -3.61. The molecule has 0 saturated heterocycles. The van der Waals surface area contributed by atoms with Gasteiger partial charge in [0, 0.05) is 12.3 Å². The summed E-state index contributed by atoms with van der Waals surface area (Å²) >= 11 is 3.79. The molecule has 0 aromatic heterocycles. The fourth-order valence-electron chi connectivity index (χ4n) is 2.45. The predicted molar refractivity (Wildman–Crippen MR) is 114 cm³/mol. The topological polar surface area (TPSA) is 191 Å². The summed E-state index contributed by atoms with van der Waals surface area (Å²) in [6.45, 7) is -0.166. The van der Waals surface area contributed by atoms with Crippen molar-refractivity contribution in [3.63, 3.8) is 0 Å². The zero-order valence-corrected chi connectivity index (χ0v) is 17.8. The average molecular weight is 468 g/mol. The molecule has 12 nitrogen and oxygen atoms in total. The molecule has 1 aromatic rings. The first-order valence-electron chi connectivity index (χ1n) is 9.33. The maximum atomic E-state index is 12.2. The van der Waals surface area contributed by atoms with Crippen LogP contribution in [0.2, 0.25) is 0 Å². The summed E-state index contributed by atoms with van der Waals surface area (Å²) in [7, 11) is 0. The van der Waals surface area contributed by atoms with E-state index in [4.69, 9.17) is 10.2 Å². The molecular formula is C19H24N4O8S. The van der Waals surface area contributed by atoms with Gasteiger partial charge >= 0.3 is 11.9 Å². The van der Waals surface area contributed by atoms with Gasteiger partial charge in [0.15, 0.2) is 0 Å². The number of aliphatic carboxylic acids is 2. The Kier molecular flexibility index (Phi) is 11.3. The summed E-state index contributed by atoms with van der Waals surface area (Å²) in [6, 6.07) is 3.95. The van der Waals surface area contributed by atoms with Crippen molar-refractivity contribution in [2.75, 3.05) is 12.3 Å². The maximum Gasteiger partial charge on any atom is 0.327 e. The van der Waals surface area contributed by atoms with Gasteiger partial charge in [0.1, 0.15) is 12.1 Å². The van der Waals surface area contributed by atoms with Gasteiger partial charge in [-0.2, -0.15) is 12.6 Å². The van der Waals surface area contributed by atoms with E-state index in [1.165, 1.54) is 0 Å². The van der Waals surface area contributed by atoms with Crippen molar-refractivity contribution in [2.45, 2.75) is 31.5 Å². The lowest BCUT2D eigenvalue weighted by molar-refractivity contribution is -0.143. The van der Waals surface area contributed by atoms with Gasteiger partial charge in [-0.1, -0.05) is 24.3 Å². The number of carboxylic acids is 2. The second kappa shape index (κ2) is 13.6. The second-order valence-electron chi connectivity index (χ2n) is 6.57. The molecule has 32 heavy (non-hydrogen) atoms. The van der Waals surface area contributed by atoms with E-state index in [2.05, 4.69) is 33.9 Å². The monoisotopic (exact) mass is 468 g/mol. The molecule has 0 spiro atoms. The Bertz CT molecular complexity index is 846. The molecule has 4 amide bonds. The van der Waals surface area contributed by atoms with Crippen molar-refractivity contribution in [2.24, 2.45) is 0 Å². The van der Waals surface area contributed by atoms with Gasteiger partial charge in [-0.05, 0) is 11.1 Å². The van der Waals surface area contributed by atoms with Gasteiger partial charge in [-0.25, -0.2) is 4.79 Å². The van der Waals surface area contributed by atoms with E-state index in [1.807, 2.05) is 0 Å². The zero-order chi connectivity index (χ0) is 24.1. The third kappa shape index (κ3) is 9.93. The molecule has 0 heterocycles. The summed E-state index contributed by atoms with van der Waals surface area (Å²) in [6.07, 6.45) is -0.242.